The Morgan fingerprint density at radius 2 is 2.14 bits per heavy atom. The monoisotopic (exact) mass is 296 g/mol. The van der Waals surface area contributed by atoms with E-state index in [1.165, 1.54) is 25.1 Å². The third-order valence-corrected chi connectivity index (χ3v) is 3.54. The van der Waals surface area contributed by atoms with Gasteiger partial charge in [0.1, 0.15) is 0 Å². The molecule has 7 nitrogen and oxygen atoms in total. The van der Waals surface area contributed by atoms with Crippen molar-refractivity contribution in [3.63, 3.8) is 0 Å². The summed E-state index contributed by atoms with van der Waals surface area (Å²) in [4.78, 5) is 34.3. The lowest BCUT2D eigenvalue weighted by Gasteiger charge is -2.18. The molecular formula is C13H13FN2O5. The number of benzene rings is 1. The lowest BCUT2D eigenvalue weighted by Crippen LogP contribution is -2.39. The Kier molecular flexibility index (Phi) is 3.63. The maximum Gasteiger partial charge on any atom is 0.343 e. The molecule has 1 fully saturated rings. The van der Waals surface area contributed by atoms with Crippen LogP contribution in [0, 0.1) is 17.0 Å². The van der Waals surface area contributed by atoms with E-state index >= 15 is 0 Å². The van der Waals surface area contributed by atoms with Crippen LogP contribution in [-0.2, 0) is 4.79 Å². The van der Waals surface area contributed by atoms with Crippen molar-refractivity contribution in [1.82, 2.24) is 4.90 Å². The second-order valence-corrected chi connectivity index (χ2v) is 5.00. The maximum atomic E-state index is 13.9. The minimum atomic E-state index is -2.43. The molecule has 0 aliphatic carbocycles. The van der Waals surface area contributed by atoms with Gasteiger partial charge in [-0.1, -0.05) is 0 Å². The fourth-order valence-electron chi connectivity index (χ4n) is 2.29. The van der Waals surface area contributed by atoms with Crippen LogP contribution >= 0.6 is 0 Å². The molecule has 112 valence electrons. The summed E-state index contributed by atoms with van der Waals surface area (Å²) >= 11 is 0. The molecule has 0 spiro atoms. The van der Waals surface area contributed by atoms with Crippen LogP contribution in [0.5, 0.6) is 0 Å². The van der Waals surface area contributed by atoms with Crippen molar-refractivity contribution in [2.24, 2.45) is 0 Å². The van der Waals surface area contributed by atoms with Crippen molar-refractivity contribution < 1.29 is 24.0 Å². The van der Waals surface area contributed by atoms with Gasteiger partial charge in [-0.05, 0) is 18.6 Å². The molecule has 1 atom stereocenters. The number of rotatable bonds is 3. The smallest absolute Gasteiger partial charge is 0.343 e. The average molecular weight is 296 g/mol. The Morgan fingerprint density at radius 3 is 2.62 bits per heavy atom. The van der Waals surface area contributed by atoms with E-state index in [-0.39, 0.29) is 24.2 Å². The molecule has 1 N–H and O–H groups in total. The van der Waals surface area contributed by atoms with E-state index in [2.05, 4.69) is 0 Å². The van der Waals surface area contributed by atoms with Gasteiger partial charge in [0.2, 0.25) is 5.67 Å². The number of carbonyl (C=O) groups excluding carboxylic acids is 1. The zero-order chi connectivity index (χ0) is 15.8. The van der Waals surface area contributed by atoms with E-state index in [1.807, 2.05) is 0 Å². The number of aliphatic carboxylic acids is 1. The SMILES string of the molecule is Cc1cc([N+](=O)[O-])ccc1C(=O)N1CCC(F)(C(=O)O)C1. The Bertz CT molecular complexity index is 633. The first-order chi connectivity index (χ1) is 9.74. The topological polar surface area (TPSA) is 101 Å². The third-order valence-electron chi connectivity index (χ3n) is 3.54. The first-order valence-electron chi connectivity index (χ1n) is 6.21. The Hall–Kier alpha value is -2.51. The minimum Gasteiger partial charge on any atom is -0.479 e. The molecule has 1 saturated heterocycles. The fraction of sp³-hybridized carbons (Fsp3) is 0.385. The number of nitro benzene ring substituents is 1. The van der Waals surface area contributed by atoms with E-state index < -0.39 is 29.0 Å². The van der Waals surface area contributed by atoms with E-state index in [0.29, 0.717) is 5.56 Å². The summed E-state index contributed by atoms with van der Waals surface area (Å²) in [6.07, 6.45) is -0.264. The van der Waals surface area contributed by atoms with Crippen LogP contribution in [0.4, 0.5) is 10.1 Å². The quantitative estimate of drug-likeness (QED) is 0.673. The second-order valence-electron chi connectivity index (χ2n) is 5.00. The van der Waals surface area contributed by atoms with Crippen molar-refractivity contribution in [3.8, 4) is 0 Å². The predicted octanol–water partition coefficient (Wildman–Crippen LogP) is 1.54. The maximum absolute atomic E-state index is 13.9. The van der Waals surface area contributed by atoms with E-state index in [1.54, 1.807) is 0 Å². The van der Waals surface area contributed by atoms with Crippen molar-refractivity contribution >= 4 is 17.6 Å². The highest BCUT2D eigenvalue weighted by molar-refractivity contribution is 5.96. The molecule has 1 aliphatic rings. The van der Waals surface area contributed by atoms with Crippen LogP contribution in [0.25, 0.3) is 0 Å². The summed E-state index contributed by atoms with van der Waals surface area (Å²) in [6, 6.07) is 3.74. The normalized spacial score (nSPS) is 21.3. The van der Waals surface area contributed by atoms with Crippen molar-refractivity contribution in [3.05, 3.63) is 39.4 Å². The number of carboxylic acids is 1. The predicted molar refractivity (Wildman–Crippen MR) is 69.8 cm³/mol. The summed E-state index contributed by atoms with van der Waals surface area (Å²) in [5, 5.41) is 19.5. The van der Waals surface area contributed by atoms with Crippen molar-refractivity contribution in [1.29, 1.82) is 0 Å². The number of nitro groups is 1. The summed E-state index contributed by atoms with van der Waals surface area (Å²) in [5.41, 5.74) is -1.98. The van der Waals surface area contributed by atoms with Gasteiger partial charge < -0.3 is 10.0 Å². The zero-order valence-corrected chi connectivity index (χ0v) is 11.2. The van der Waals surface area contributed by atoms with Gasteiger partial charge in [0.05, 0.1) is 11.5 Å². The van der Waals surface area contributed by atoms with E-state index in [0.717, 1.165) is 4.90 Å². The van der Waals surface area contributed by atoms with Gasteiger partial charge in [-0.25, -0.2) is 9.18 Å². The van der Waals surface area contributed by atoms with E-state index in [4.69, 9.17) is 5.11 Å². The molecule has 8 heteroatoms. The molecule has 2 rings (SSSR count). The summed E-state index contributed by atoms with van der Waals surface area (Å²) in [6.45, 7) is 1.02. The minimum absolute atomic E-state index is 0.00192. The first-order valence-corrected chi connectivity index (χ1v) is 6.21. The molecule has 1 aromatic carbocycles. The fourth-order valence-corrected chi connectivity index (χ4v) is 2.29. The molecule has 0 bridgehead atoms. The highest BCUT2D eigenvalue weighted by Crippen LogP contribution is 2.28. The van der Waals surface area contributed by atoms with Crippen LogP contribution in [-0.4, -0.2) is 45.6 Å². The number of hydrogen-bond acceptors (Lipinski definition) is 4. The molecule has 0 radical (unpaired) electrons. The summed E-state index contributed by atoms with van der Waals surface area (Å²) in [7, 11) is 0. The number of halogens is 1. The lowest BCUT2D eigenvalue weighted by atomic mass is 10.1. The number of carbonyl (C=O) groups is 2. The van der Waals surface area contributed by atoms with Gasteiger partial charge in [-0.3, -0.25) is 14.9 Å². The van der Waals surface area contributed by atoms with Gasteiger partial charge in [0.15, 0.2) is 0 Å². The lowest BCUT2D eigenvalue weighted by molar-refractivity contribution is -0.384. The molecular weight excluding hydrogens is 283 g/mol. The number of likely N-dealkylation sites (tertiary alicyclic amines) is 1. The van der Waals surface area contributed by atoms with Crippen LogP contribution in [0.1, 0.15) is 22.3 Å². The van der Waals surface area contributed by atoms with Gasteiger partial charge in [-0.15, -0.1) is 0 Å². The molecule has 21 heavy (non-hydrogen) atoms. The second kappa shape index (κ2) is 5.12. The molecule has 1 unspecified atom stereocenters. The molecule has 1 amide bonds. The summed E-state index contributed by atoms with van der Waals surface area (Å²) < 4.78 is 13.9. The van der Waals surface area contributed by atoms with Crippen molar-refractivity contribution in [2.75, 3.05) is 13.1 Å². The van der Waals surface area contributed by atoms with Crippen LogP contribution in [0.3, 0.4) is 0 Å². The van der Waals surface area contributed by atoms with Crippen LogP contribution in [0.2, 0.25) is 0 Å². The van der Waals surface area contributed by atoms with Gasteiger partial charge in [-0.2, -0.15) is 0 Å². The van der Waals surface area contributed by atoms with Gasteiger partial charge >= 0.3 is 5.97 Å². The van der Waals surface area contributed by atoms with Crippen LogP contribution in [0.15, 0.2) is 18.2 Å². The largest absolute Gasteiger partial charge is 0.479 e. The summed E-state index contributed by atoms with van der Waals surface area (Å²) in [5.74, 6) is -2.11. The van der Waals surface area contributed by atoms with Gasteiger partial charge in [0, 0.05) is 30.7 Å². The Morgan fingerprint density at radius 1 is 1.48 bits per heavy atom. The molecule has 1 aliphatic heterocycles. The van der Waals surface area contributed by atoms with Gasteiger partial charge in [0.25, 0.3) is 11.6 Å². The average Bonchev–Trinajstić information content (AvgIpc) is 2.82. The number of amides is 1. The Balaban J connectivity index is 2.22. The van der Waals surface area contributed by atoms with Crippen molar-refractivity contribution in [2.45, 2.75) is 19.0 Å². The zero-order valence-electron chi connectivity index (χ0n) is 11.2. The van der Waals surface area contributed by atoms with Crippen LogP contribution < -0.4 is 0 Å². The molecule has 1 aromatic rings. The highest BCUT2D eigenvalue weighted by Gasteiger charge is 2.47. The standard InChI is InChI=1S/C13H13FN2O5/c1-8-6-9(16(20)21)2-3-10(8)11(17)15-5-4-13(14,7-15)12(18)19/h2-3,6H,4-5,7H2,1H3,(H,18,19). The highest BCUT2D eigenvalue weighted by atomic mass is 19.1. The number of carboxylic acid groups (broad SMARTS) is 1. The number of aryl methyl sites for hydroxylation is 1. The molecule has 0 aromatic heterocycles. The molecule has 0 saturated carbocycles. The number of hydrogen-bond donors (Lipinski definition) is 1. The third kappa shape index (κ3) is 2.69. The Labute approximate surface area is 119 Å². The van der Waals surface area contributed by atoms with E-state index in [9.17, 15) is 24.1 Å². The first kappa shape index (κ1) is 14.9. The number of alkyl halides is 1. The number of non-ortho nitro benzene ring substituents is 1. The molecule has 1 heterocycles. The number of nitrogens with zero attached hydrogens (tertiary/aromatic N) is 2.